The first-order valence-electron chi connectivity index (χ1n) is 9.01. The minimum Gasteiger partial charge on any atom is -0.481 e. The van der Waals surface area contributed by atoms with Crippen LogP contribution < -0.4 is 0 Å². The molecule has 2 N–H and O–H groups in total. The van der Waals surface area contributed by atoms with Crippen LogP contribution >= 0.6 is 0 Å². The zero-order chi connectivity index (χ0) is 18.7. The number of carbonyl (C=O) groups is 1. The second-order valence-electron chi connectivity index (χ2n) is 7.18. The molecule has 2 aliphatic heterocycles. The van der Waals surface area contributed by atoms with Crippen LogP contribution in [-0.4, -0.2) is 96.2 Å². The number of aliphatic carboxylic acids is 1. The van der Waals surface area contributed by atoms with E-state index >= 15 is 0 Å². The van der Waals surface area contributed by atoms with Crippen LogP contribution in [0.25, 0.3) is 0 Å². The summed E-state index contributed by atoms with van der Waals surface area (Å²) in [5.74, 6) is -0.818. The van der Waals surface area contributed by atoms with Crippen molar-refractivity contribution < 1.29 is 18.3 Å². The summed E-state index contributed by atoms with van der Waals surface area (Å²) in [5, 5.41) is 15.4. The molecule has 0 aliphatic carbocycles. The van der Waals surface area contributed by atoms with Gasteiger partial charge in [-0.2, -0.15) is 9.40 Å². The van der Waals surface area contributed by atoms with E-state index in [1.165, 1.54) is 16.7 Å². The van der Waals surface area contributed by atoms with Crippen LogP contribution in [0, 0.1) is 5.92 Å². The van der Waals surface area contributed by atoms with E-state index in [4.69, 9.17) is 5.11 Å². The van der Waals surface area contributed by atoms with Crippen LogP contribution in [0.3, 0.4) is 0 Å². The molecule has 2 fully saturated rings. The number of hydrogen-bond acceptors (Lipinski definition) is 6. The van der Waals surface area contributed by atoms with Gasteiger partial charge in [-0.15, -0.1) is 0 Å². The second kappa shape index (κ2) is 8.03. The first-order valence-corrected chi connectivity index (χ1v) is 10.5. The van der Waals surface area contributed by atoms with Gasteiger partial charge in [0.2, 0.25) is 10.0 Å². The summed E-state index contributed by atoms with van der Waals surface area (Å²) < 4.78 is 27.1. The SMILES string of the molecule is CN1CCN([C@@H]2CCN(S(=O)(=O)c3cn[nH]c3)C[C@@H]2CCC(=O)O)CC1. The molecule has 3 rings (SSSR count). The number of carboxylic acids is 1. The molecule has 0 saturated carbocycles. The summed E-state index contributed by atoms with van der Waals surface area (Å²) in [6.45, 7) is 4.67. The van der Waals surface area contributed by atoms with Crippen molar-refractivity contribution in [2.75, 3.05) is 46.3 Å². The molecule has 2 aliphatic rings. The number of carboxylic acid groups (broad SMARTS) is 1. The van der Waals surface area contributed by atoms with Crippen LogP contribution in [0.5, 0.6) is 0 Å². The Morgan fingerprint density at radius 3 is 2.65 bits per heavy atom. The molecule has 1 aromatic rings. The quantitative estimate of drug-likeness (QED) is 0.704. The van der Waals surface area contributed by atoms with Crippen LogP contribution in [0.1, 0.15) is 19.3 Å². The first-order chi connectivity index (χ1) is 12.4. The Bertz CT molecular complexity index is 700. The van der Waals surface area contributed by atoms with Gasteiger partial charge >= 0.3 is 5.97 Å². The Kier molecular flexibility index (Phi) is 5.96. The molecule has 0 amide bonds. The van der Waals surface area contributed by atoms with Crippen molar-refractivity contribution in [1.82, 2.24) is 24.3 Å². The third-order valence-corrected chi connectivity index (χ3v) is 7.33. The fourth-order valence-corrected chi connectivity index (χ4v) is 5.38. The van der Waals surface area contributed by atoms with Crippen LogP contribution in [0.4, 0.5) is 0 Å². The number of aromatic nitrogens is 2. The van der Waals surface area contributed by atoms with Crippen molar-refractivity contribution >= 4 is 16.0 Å². The molecule has 2 atom stereocenters. The van der Waals surface area contributed by atoms with Crippen molar-refractivity contribution in [1.29, 1.82) is 0 Å². The van der Waals surface area contributed by atoms with E-state index in [1.807, 2.05) is 0 Å². The van der Waals surface area contributed by atoms with Crippen molar-refractivity contribution in [2.45, 2.75) is 30.2 Å². The molecule has 26 heavy (non-hydrogen) atoms. The summed E-state index contributed by atoms with van der Waals surface area (Å²) in [6, 6.07) is 0.235. The summed E-state index contributed by atoms with van der Waals surface area (Å²) in [7, 11) is -1.49. The smallest absolute Gasteiger partial charge is 0.303 e. The van der Waals surface area contributed by atoms with Crippen LogP contribution in [0.2, 0.25) is 0 Å². The van der Waals surface area contributed by atoms with E-state index in [1.54, 1.807) is 0 Å². The van der Waals surface area contributed by atoms with Gasteiger partial charge in [0.25, 0.3) is 0 Å². The van der Waals surface area contributed by atoms with Crippen molar-refractivity contribution in [3.8, 4) is 0 Å². The predicted octanol–water partition coefficient (Wildman–Crippen LogP) is -0.0989. The largest absolute Gasteiger partial charge is 0.481 e. The second-order valence-corrected chi connectivity index (χ2v) is 9.12. The lowest BCUT2D eigenvalue weighted by Crippen LogP contribution is -2.56. The maximum Gasteiger partial charge on any atom is 0.303 e. The highest BCUT2D eigenvalue weighted by atomic mass is 32.2. The molecule has 0 spiro atoms. The van der Waals surface area contributed by atoms with Crippen molar-refractivity contribution in [2.24, 2.45) is 5.92 Å². The van der Waals surface area contributed by atoms with E-state index < -0.39 is 16.0 Å². The minimum atomic E-state index is -3.59. The lowest BCUT2D eigenvalue weighted by Gasteiger charge is -2.46. The summed E-state index contributed by atoms with van der Waals surface area (Å²) in [4.78, 5) is 15.9. The highest BCUT2D eigenvalue weighted by molar-refractivity contribution is 7.89. The number of aromatic amines is 1. The maximum atomic E-state index is 12.8. The number of likely N-dealkylation sites (N-methyl/N-ethyl adjacent to an activating group) is 1. The Hall–Kier alpha value is -1.49. The molecule has 0 unspecified atom stereocenters. The highest BCUT2D eigenvalue weighted by Crippen LogP contribution is 2.30. The van der Waals surface area contributed by atoms with Crippen molar-refractivity contribution in [3.05, 3.63) is 12.4 Å². The number of piperidine rings is 1. The molecule has 0 bridgehead atoms. The fourth-order valence-electron chi connectivity index (χ4n) is 3.96. The number of H-pyrrole nitrogens is 1. The van der Waals surface area contributed by atoms with Gasteiger partial charge in [-0.3, -0.25) is 14.8 Å². The van der Waals surface area contributed by atoms with E-state index in [0.29, 0.717) is 19.5 Å². The molecule has 0 aromatic carbocycles. The number of nitrogens with zero attached hydrogens (tertiary/aromatic N) is 4. The number of sulfonamides is 1. The zero-order valence-electron chi connectivity index (χ0n) is 15.0. The third-order valence-electron chi connectivity index (χ3n) is 5.50. The maximum absolute atomic E-state index is 12.8. The summed E-state index contributed by atoms with van der Waals surface area (Å²) >= 11 is 0. The van der Waals surface area contributed by atoms with Gasteiger partial charge in [0.1, 0.15) is 4.90 Å². The molecule has 3 heterocycles. The molecular weight excluding hydrogens is 358 g/mol. The molecular formula is C16H27N5O4S. The number of piperazine rings is 1. The number of nitrogens with one attached hydrogen (secondary N) is 1. The van der Waals surface area contributed by atoms with Crippen LogP contribution in [-0.2, 0) is 14.8 Å². The average molecular weight is 385 g/mol. The Morgan fingerprint density at radius 2 is 2.04 bits per heavy atom. The predicted molar refractivity (Wildman–Crippen MR) is 95.2 cm³/mol. The summed E-state index contributed by atoms with van der Waals surface area (Å²) in [6.07, 6.45) is 3.98. The topological polar surface area (TPSA) is 110 Å². The molecule has 9 nitrogen and oxygen atoms in total. The van der Waals surface area contributed by atoms with Gasteiger partial charge in [0, 0.05) is 57.9 Å². The molecule has 10 heteroatoms. The Labute approximate surface area is 154 Å². The van der Waals surface area contributed by atoms with E-state index in [2.05, 4.69) is 27.0 Å². The third kappa shape index (κ3) is 4.25. The molecule has 146 valence electrons. The van der Waals surface area contributed by atoms with Crippen LogP contribution in [0.15, 0.2) is 17.3 Å². The van der Waals surface area contributed by atoms with E-state index in [9.17, 15) is 13.2 Å². The van der Waals surface area contributed by atoms with Gasteiger partial charge in [-0.05, 0) is 25.8 Å². The van der Waals surface area contributed by atoms with Crippen molar-refractivity contribution in [3.63, 3.8) is 0 Å². The van der Waals surface area contributed by atoms with Gasteiger partial charge in [-0.25, -0.2) is 8.42 Å². The van der Waals surface area contributed by atoms with Gasteiger partial charge < -0.3 is 10.0 Å². The fraction of sp³-hybridized carbons (Fsp3) is 0.750. The normalized spacial score (nSPS) is 26.8. The Balaban J connectivity index is 1.73. The standard InChI is InChI=1S/C16H27N5O4S/c1-19-6-8-20(9-7-19)15-4-5-21(12-13(15)2-3-16(22)23)26(24,25)14-10-17-18-11-14/h10-11,13,15H,2-9,12H2,1H3,(H,17,18)(H,22,23)/t13-,15+/m0/s1. The van der Waals surface area contributed by atoms with Gasteiger partial charge in [0.05, 0.1) is 6.20 Å². The van der Waals surface area contributed by atoms with E-state index in [-0.39, 0.29) is 23.3 Å². The van der Waals surface area contributed by atoms with Gasteiger partial charge in [0.15, 0.2) is 0 Å². The average Bonchev–Trinajstić information content (AvgIpc) is 3.16. The lowest BCUT2D eigenvalue weighted by atomic mass is 9.87. The summed E-state index contributed by atoms with van der Waals surface area (Å²) in [5.41, 5.74) is 0. The minimum absolute atomic E-state index is 0.0185. The Morgan fingerprint density at radius 1 is 1.31 bits per heavy atom. The molecule has 0 radical (unpaired) electrons. The lowest BCUT2D eigenvalue weighted by molar-refractivity contribution is -0.137. The highest BCUT2D eigenvalue weighted by Gasteiger charge is 2.38. The zero-order valence-corrected chi connectivity index (χ0v) is 15.9. The first kappa shape index (κ1) is 19.3. The number of rotatable bonds is 6. The number of hydrogen-bond donors (Lipinski definition) is 2. The monoisotopic (exact) mass is 385 g/mol. The van der Waals surface area contributed by atoms with Gasteiger partial charge in [-0.1, -0.05) is 0 Å². The molecule has 1 aromatic heterocycles. The molecule has 2 saturated heterocycles. The van der Waals surface area contributed by atoms with E-state index in [0.717, 1.165) is 32.6 Å².